The van der Waals surface area contributed by atoms with E-state index in [9.17, 15) is 17.6 Å². The van der Waals surface area contributed by atoms with Gasteiger partial charge in [-0.2, -0.15) is 4.72 Å². The topological polar surface area (TPSA) is 75.3 Å². The van der Waals surface area contributed by atoms with E-state index < -0.39 is 27.8 Å². The molecule has 24 heavy (non-hydrogen) atoms. The van der Waals surface area contributed by atoms with Crippen LogP contribution in [0.25, 0.3) is 0 Å². The maximum atomic E-state index is 12.9. The van der Waals surface area contributed by atoms with Gasteiger partial charge in [0.1, 0.15) is 11.9 Å². The van der Waals surface area contributed by atoms with Crippen molar-refractivity contribution in [1.82, 2.24) is 4.72 Å². The second-order valence-corrected chi connectivity index (χ2v) is 7.99. The van der Waals surface area contributed by atoms with E-state index in [0.29, 0.717) is 5.69 Å². The van der Waals surface area contributed by atoms with Gasteiger partial charge in [-0.05, 0) is 77.5 Å². The molecule has 0 aromatic heterocycles. The zero-order valence-corrected chi connectivity index (χ0v) is 15.8. The second-order valence-electron chi connectivity index (χ2n) is 5.03. The number of rotatable bonds is 6. The van der Waals surface area contributed by atoms with E-state index in [1.165, 1.54) is 0 Å². The largest absolute Gasteiger partial charge is 0.325 e. The molecule has 0 aliphatic heterocycles. The Kier molecular flexibility index (Phi) is 6.30. The molecule has 1 atom stereocenters. The van der Waals surface area contributed by atoms with Gasteiger partial charge in [0.05, 0.1) is 4.90 Å². The van der Waals surface area contributed by atoms with Gasteiger partial charge in [0.25, 0.3) is 0 Å². The minimum atomic E-state index is -3.91. The molecule has 0 saturated carbocycles. The highest BCUT2D eigenvalue weighted by atomic mass is 127. The highest BCUT2D eigenvalue weighted by Gasteiger charge is 2.24. The van der Waals surface area contributed by atoms with Gasteiger partial charge >= 0.3 is 0 Å². The van der Waals surface area contributed by atoms with Gasteiger partial charge in [0.2, 0.25) is 15.9 Å². The standard InChI is InChI=1S/C16H16FIN2O3S/c1-2-15(16(21)19-13-7-5-12(18)6-8-13)20-24(22,23)14-9-3-11(17)4-10-14/h3-10,15,20H,2H2,1H3,(H,19,21). The summed E-state index contributed by atoms with van der Waals surface area (Å²) in [6, 6.07) is 10.6. The van der Waals surface area contributed by atoms with Gasteiger partial charge < -0.3 is 5.32 Å². The van der Waals surface area contributed by atoms with Crippen molar-refractivity contribution in [2.75, 3.05) is 5.32 Å². The molecule has 0 heterocycles. The number of halogens is 2. The first-order chi connectivity index (χ1) is 11.3. The predicted molar refractivity (Wildman–Crippen MR) is 98.6 cm³/mol. The fourth-order valence-electron chi connectivity index (χ4n) is 1.95. The summed E-state index contributed by atoms with van der Waals surface area (Å²) in [6.45, 7) is 1.70. The van der Waals surface area contributed by atoms with Crippen LogP contribution in [0, 0.1) is 9.39 Å². The van der Waals surface area contributed by atoms with Crippen molar-refractivity contribution in [2.45, 2.75) is 24.3 Å². The van der Waals surface area contributed by atoms with Crippen LogP contribution in [0.3, 0.4) is 0 Å². The summed E-state index contributed by atoms with van der Waals surface area (Å²) in [5.41, 5.74) is 0.583. The molecule has 0 bridgehead atoms. The fraction of sp³-hybridized carbons (Fsp3) is 0.188. The molecule has 2 rings (SSSR count). The van der Waals surface area contributed by atoms with Gasteiger partial charge in [-0.25, -0.2) is 12.8 Å². The van der Waals surface area contributed by atoms with Gasteiger partial charge in [-0.1, -0.05) is 6.92 Å². The molecule has 0 aliphatic rings. The van der Waals surface area contributed by atoms with E-state index in [4.69, 9.17) is 0 Å². The lowest BCUT2D eigenvalue weighted by Crippen LogP contribution is -2.43. The van der Waals surface area contributed by atoms with Gasteiger partial charge in [-0.3, -0.25) is 4.79 Å². The van der Waals surface area contributed by atoms with Crippen molar-refractivity contribution >= 4 is 44.2 Å². The zero-order valence-electron chi connectivity index (χ0n) is 12.8. The Labute approximate surface area is 153 Å². The summed E-state index contributed by atoms with van der Waals surface area (Å²) in [4.78, 5) is 12.2. The van der Waals surface area contributed by atoms with Crippen molar-refractivity contribution < 1.29 is 17.6 Å². The summed E-state index contributed by atoms with van der Waals surface area (Å²) < 4.78 is 40.9. The lowest BCUT2D eigenvalue weighted by molar-refractivity contribution is -0.117. The number of carbonyl (C=O) groups is 1. The number of benzene rings is 2. The van der Waals surface area contributed by atoms with E-state index in [2.05, 4.69) is 32.6 Å². The Bertz CT molecular complexity index is 808. The molecule has 5 nitrogen and oxygen atoms in total. The average molecular weight is 462 g/mol. The molecular formula is C16H16FIN2O3S. The van der Waals surface area contributed by atoms with Crippen LogP contribution in [-0.4, -0.2) is 20.4 Å². The Hall–Kier alpha value is -1.52. The number of carbonyl (C=O) groups excluding carboxylic acids is 1. The normalized spacial score (nSPS) is 12.6. The Morgan fingerprint density at radius 1 is 1.12 bits per heavy atom. The molecule has 0 radical (unpaired) electrons. The van der Waals surface area contributed by atoms with E-state index in [-0.39, 0.29) is 11.3 Å². The Morgan fingerprint density at radius 3 is 2.25 bits per heavy atom. The van der Waals surface area contributed by atoms with E-state index in [0.717, 1.165) is 27.8 Å². The molecule has 1 amide bonds. The minimum absolute atomic E-state index is 0.0931. The third-order valence-corrected chi connectivity index (χ3v) is 5.46. The van der Waals surface area contributed by atoms with Crippen molar-refractivity contribution in [2.24, 2.45) is 0 Å². The molecule has 2 aromatic rings. The summed E-state index contributed by atoms with van der Waals surface area (Å²) in [5.74, 6) is -0.984. The smallest absolute Gasteiger partial charge is 0.242 e. The van der Waals surface area contributed by atoms with Crippen molar-refractivity contribution in [1.29, 1.82) is 0 Å². The first kappa shape index (κ1) is 18.8. The van der Waals surface area contributed by atoms with Crippen molar-refractivity contribution in [3.8, 4) is 0 Å². The summed E-state index contributed by atoms with van der Waals surface area (Å²) in [5, 5.41) is 2.67. The molecule has 1 unspecified atom stereocenters. The first-order valence-electron chi connectivity index (χ1n) is 7.16. The molecule has 8 heteroatoms. The highest BCUT2D eigenvalue weighted by Crippen LogP contribution is 2.14. The quantitative estimate of drug-likeness (QED) is 0.648. The van der Waals surface area contributed by atoms with E-state index in [1.54, 1.807) is 19.1 Å². The number of hydrogen-bond donors (Lipinski definition) is 2. The van der Waals surface area contributed by atoms with Crippen LogP contribution in [0.1, 0.15) is 13.3 Å². The lowest BCUT2D eigenvalue weighted by atomic mass is 10.2. The molecule has 2 aromatic carbocycles. The Morgan fingerprint density at radius 2 is 1.71 bits per heavy atom. The minimum Gasteiger partial charge on any atom is -0.325 e. The van der Waals surface area contributed by atoms with Gasteiger partial charge in [0.15, 0.2) is 0 Å². The van der Waals surface area contributed by atoms with Gasteiger partial charge in [-0.15, -0.1) is 0 Å². The molecular weight excluding hydrogens is 446 g/mol. The lowest BCUT2D eigenvalue weighted by Gasteiger charge is -2.17. The molecule has 0 aliphatic carbocycles. The molecule has 2 N–H and O–H groups in total. The Balaban J connectivity index is 2.11. The third kappa shape index (κ3) is 4.99. The molecule has 0 saturated heterocycles. The number of anilines is 1. The number of hydrogen-bond acceptors (Lipinski definition) is 3. The van der Waals surface area contributed by atoms with Crippen LogP contribution in [0.2, 0.25) is 0 Å². The predicted octanol–water partition coefficient (Wildman–Crippen LogP) is 3.13. The van der Waals surface area contributed by atoms with E-state index in [1.807, 2.05) is 12.1 Å². The summed E-state index contributed by atoms with van der Waals surface area (Å²) in [7, 11) is -3.91. The van der Waals surface area contributed by atoms with Crippen LogP contribution >= 0.6 is 22.6 Å². The highest BCUT2D eigenvalue weighted by molar-refractivity contribution is 14.1. The molecule has 0 spiro atoms. The first-order valence-corrected chi connectivity index (χ1v) is 9.72. The third-order valence-electron chi connectivity index (χ3n) is 3.26. The van der Waals surface area contributed by atoms with Crippen LogP contribution < -0.4 is 10.0 Å². The van der Waals surface area contributed by atoms with E-state index >= 15 is 0 Å². The number of sulfonamides is 1. The summed E-state index contributed by atoms with van der Waals surface area (Å²) in [6.07, 6.45) is 0.274. The SMILES string of the molecule is CCC(NS(=O)(=O)c1ccc(F)cc1)C(=O)Nc1ccc(I)cc1. The molecule has 128 valence electrons. The zero-order chi connectivity index (χ0) is 17.7. The fourth-order valence-corrected chi connectivity index (χ4v) is 3.59. The van der Waals surface area contributed by atoms with Crippen molar-refractivity contribution in [3.05, 3.63) is 57.9 Å². The summed E-state index contributed by atoms with van der Waals surface area (Å²) >= 11 is 2.15. The van der Waals surface area contributed by atoms with Crippen molar-refractivity contribution in [3.63, 3.8) is 0 Å². The van der Waals surface area contributed by atoms with Crippen LogP contribution in [0.5, 0.6) is 0 Å². The number of amides is 1. The maximum Gasteiger partial charge on any atom is 0.242 e. The number of nitrogens with one attached hydrogen (secondary N) is 2. The van der Waals surface area contributed by atoms with Gasteiger partial charge in [0, 0.05) is 9.26 Å². The molecule has 0 fully saturated rings. The van der Waals surface area contributed by atoms with Crippen LogP contribution in [0.15, 0.2) is 53.4 Å². The maximum absolute atomic E-state index is 12.9. The van der Waals surface area contributed by atoms with Crippen LogP contribution in [0.4, 0.5) is 10.1 Å². The second kappa shape index (κ2) is 8.04. The monoisotopic (exact) mass is 462 g/mol. The van der Waals surface area contributed by atoms with Crippen LogP contribution in [-0.2, 0) is 14.8 Å². The average Bonchev–Trinajstić information content (AvgIpc) is 2.55.